The van der Waals surface area contributed by atoms with E-state index in [-0.39, 0.29) is 10.8 Å². The Hall–Kier alpha value is -4.38. The van der Waals surface area contributed by atoms with E-state index >= 15 is 0 Å². The Labute approximate surface area is 242 Å². The predicted molar refractivity (Wildman–Crippen MR) is 166 cm³/mol. The summed E-state index contributed by atoms with van der Waals surface area (Å²) in [5, 5.41) is 0. The molecule has 0 radical (unpaired) electrons. The smallest absolute Gasteiger partial charge is 0.143 e. The fourth-order valence-corrected chi connectivity index (χ4v) is 5.86. The molecule has 5 aromatic rings. The number of aromatic nitrogens is 4. The van der Waals surface area contributed by atoms with Crippen molar-refractivity contribution in [2.24, 2.45) is 0 Å². The van der Waals surface area contributed by atoms with Gasteiger partial charge in [0.25, 0.3) is 0 Å². The molecule has 4 aromatic heterocycles. The molecule has 0 bridgehead atoms. The molecule has 1 aromatic carbocycles. The normalized spacial score (nSPS) is 13.9. The third-order valence-electron chi connectivity index (χ3n) is 8.18. The van der Waals surface area contributed by atoms with Crippen LogP contribution in [0.15, 0.2) is 79.1 Å². The molecule has 0 fully saturated rings. The van der Waals surface area contributed by atoms with Crippen LogP contribution in [0.25, 0.3) is 22.5 Å². The van der Waals surface area contributed by atoms with Crippen LogP contribution in [0.2, 0.25) is 0 Å². The molecule has 5 nitrogen and oxygen atoms in total. The van der Waals surface area contributed by atoms with Gasteiger partial charge in [0, 0.05) is 58.6 Å². The van der Waals surface area contributed by atoms with Gasteiger partial charge in [-0.1, -0.05) is 71.9 Å². The van der Waals surface area contributed by atoms with E-state index in [1.165, 1.54) is 27.9 Å². The Kier molecular flexibility index (Phi) is 5.66. The molecule has 6 heterocycles. The summed E-state index contributed by atoms with van der Waals surface area (Å²) in [6, 6.07) is 23.9. The minimum atomic E-state index is 0.00535. The molecule has 0 unspecified atom stereocenters. The maximum Gasteiger partial charge on any atom is 0.143 e. The SMILES string of the molecule is CC(C)(C)c1ccc(-c2ccc3c(n2)N2c4nc(-c5ccc(C(C)(C)C)nc5)ccc4Cc4cccc(c42)C3)cn1. The van der Waals surface area contributed by atoms with Crippen LogP contribution in [-0.2, 0) is 23.7 Å². The zero-order chi connectivity index (χ0) is 28.5. The van der Waals surface area contributed by atoms with Gasteiger partial charge in [-0.15, -0.1) is 0 Å². The maximum absolute atomic E-state index is 5.28. The molecule has 0 aliphatic carbocycles. The van der Waals surface area contributed by atoms with Crippen molar-refractivity contribution in [1.82, 2.24) is 19.9 Å². The number of pyridine rings is 4. The first-order valence-corrected chi connectivity index (χ1v) is 14.4. The Morgan fingerprint density at radius 3 is 1.39 bits per heavy atom. The van der Waals surface area contributed by atoms with Crippen molar-refractivity contribution in [1.29, 1.82) is 0 Å². The number of hydrogen-bond donors (Lipinski definition) is 0. The maximum atomic E-state index is 5.28. The van der Waals surface area contributed by atoms with Gasteiger partial charge >= 0.3 is 0 Å². The van der Waals surface area contributed by atoms with Crippen molar-refractivity contribution >= 4 is 17.3 Å². The lowest BCUT2D eigenvalue weighted by Crippen LogP contribution is -2.26. The summed E-state index contributed by atoms with van der Waals surface area (Å²) < 4.78 is 0. The molecule has 0 atom stereocenters. The van der Waals surface area contributed by atoms with E-state index in [2.05, 4.69) is 113 Å². The van der Waals surface area contributed by atoms with E-state index in [1.807, 2.05) is 12.4 Å². The van der Waals surface area contributed by atoms with Gasteiger partial charge < -0.3 is 0 Å². The lowest BCUT2D eigenvalue weighted by molar-refractivity contribution is 0.569. The molecule has 204 valence electrons. The number of rotatable bonds is 2. The summed E-state index contributed by atoms with van der Waals surface area (Å²) in [5.74, 6) is 1.91. The zero-order valence-electron chi connectivity index (χ0n) is 24.7. The first-order chi connectivity index (χ1) is 19.6. The van der Waals surface area contributed by atoms with Crippen LogP contribution < -0.4 is 4.90 Å². The van der Waals surface area contributed by atoms with E-state index in [9.17, 15) is 0 Å². The molecular formula is C36H35N5. The van der Waals surface area contributed by atoms with Crippen molar-refractivity contribution in [2.45, 2.75) is 65.2 Å². The number of fused-ring (bicyclic) bond motifs is 4. The fourth-order valence-electron chi connectivity index (χ4n) is 5.86. The first kappa shape index (κ1) is 25.6. The highest BCUT2D eigenvalue weighted by atomic mass is 15.3. The molecule has 0 N–H and O–H groups in total. The van der Waals surface area contributed by atoms with Crippen LogP contribution in [-0.4, -0.2) is 19.9 Å². The molecule has 0 spiro atoms. The number of hydrogen-bond acceptors (Lipinski definition) is 5. The van der Waals surface area contributed by atoms with Gasteiger partial charge in [-0.25, -0.2) is 9.97 Å². The highest BCUT2D eigenvalue weighted by molar-refractivity contribution is 5.87. The lowest BCUT2D eigenvalue weighted by atomic mass is 9.88. The van der Waals surface area contributed by atoms with Gasteiger partial charge in [-0.2, -0.15) is 0 Å². The van der Waals surface area contributed by atoms with Crippen molar-refractivity contribution in [3.05, 3.63) is 113 Å². The minimum Gasteiger partial charge on any atom is -0.278 e. The Morgan fingerprint density at radius 1 is 0.537 bits per heavy atom. The van der Waals surface area contributed by atoms with E-state index in [4.69, 9.17) is 19.9 Å². The fraction of sp³-hybridized carbons (Fsp3) is 0.278. The van der Waals surface area contributed by atoms with Crippen molar-refractivity contribution in [3.8, 4) is 22.5 Å². The van der Waals surface area contributed by atoms with Crippen LogP contribution in [0.3, 0.4) is 0 Å². The summed E-state index contributed by atoms with van der Waals surface area (Å²) in [6.45, 7) is 13.1. The topological polar surface area (TPSA) is 54.8 Å². The molecule has 41 heavy (non-hydrogen) atoms. The zero-order valence-corrected chi connectivity index (χ0v) is 24.7. The molecule has 0 amide bonds. The van der Waals surface area contributed by atoms with Crippen molar-refractivity contribution in [2.75, 3.05) is 4.90 Å². The second kappa shape index (κ2) is 9.07. The summed E-state index contributed by atoms with van der Waals surface area (Å²) in [5.41, 5.74) is 12.3. The number of para-hydroxylation sites is 1. The van der Waals surface area contributed by atoms with E-state index in [0.29, 0.717) is 0 Å². The van der Waals surface area contributed by atoms with Gasteiger partial charge in [0.2, 0.25) is 0 Å². The second-order valence-electron chi connectivity index (χ2n) is 13.3. The van der Waals surface area contributed by atoms with Crippen LogP contribution in [0, 0.1) is 0 Å². The molecule has 0 saturated heterocycles. The van der Waals surface area contributed by atoms with Gasteiger partial charge in [-0.3, -0.25) is 14.9 Å². The number of benzene rings is 1. The predicted octanol–water partition coefficient (Wildman–Crippen LogP) is 8.47. The average molecular weight is 538 g/mol. The summed E-state index contributed by atoms with van der Waals surface area (Å²) in [7, 11) is 0. The Morgan fingerprint density at radius 2 is 1.00 bits per heavy atom. The van der Waals surface area contributed by atoms with E-state index in [1.54, 1.807) is 0 Å². The summed E-state index contributed by atoms with van der Waals surface area (Å²) >= 11 is 0. The lowest BCUT2D eigenvalue weighted by Gasteiger charge is -2.37. The summed E-state index contributed by atoms with van der Waals surface area (Å²) in [6.07, 6.45) is 5.62. The Bertz CT molecular complexity index is 1660. The van der Waals surface area contributed by atoms with Crippen LogP contribution in [0.5, 0.6) is 0 Å². The minimum absolute atomic E-state index is 0.00535. The van der Waals surface area contributed by atoms with Crippen LogP contribution in [0.4, 0.5) is 17.3 Å². The van der Waals surface area contributed by atoms with Gasteiger partial charge in [0.15, 0.2) is 0 Å². The molecule has 2 aliphatic rings. The second-order valence-corrected chi connectivity index (χ2v) is 13.3. The number of anilines is 3. The van der Waals surface area contributed by atoms with Crippen molar-refractivity contribution in [3.63, 3.8) is 0 Å². The largest absolute Gasteiger partial charge is 0.278 e. The van der Waals surface area contributed by atoms with E-state index in [0.717, 1.165) is 58.4 Å². The molecular weight excluding hydrogens is 502 g/mol. The van der Waals surface area contributed by atoms with E-state index < -0.39 is 0 Å². The van der Waals surface area contributed by atoms with Gasteiger partial charge in [0.1, 0.15) is 11.6 Å². The number of nitrogens with zero attached hydrogens (tertiary/aromatic N) is 5. The van der Waals surface area contributed by atoms with Gasteiger partial charge in [0.05, 0.1) is 17.1 Å². The third-order valence-corrected chi connectivity index (χ3v) is 8.18. The molecule has 0 saturated carbocycles. The average Bonchev–Trinajstić information content (AvgIpc) is 2.96. The molecule has 7 rings (SSSR count). The first-order valence-electron chi connectivity index (χ1n) is 14.4. The monoisotopic (exact) mass is 537 g/mol. The van der Waals surface area contributed by atoms with Crippen molar-refractivity contribution < 1.29 is 0 Å². The molecule has 5 heteroatoms. The highest BCUT2D eigenvalue weighted by Crippen LogP contribution is 2.49. The summed E-state index contributed by atoms with van der Waals surface area (Å²) in [4.78, 5) is 22.4. The quantitative estimate of drug-likeness (QED) is 0.221. The molecule has 2 aliphatic heterocycles. The third kappa shape index (κ3) is 4.40. The van der Waals surface area contributed by atoms with Crippen LogP contribution >= 0.6 is 0 Å². The van der Waals surface area contributed by atoms with Gasteiger partial charge in [-0.05, 0) is 58.7 Å². The Balaban J connectivity index is 1.35. The standard InChI is InChI=1S/C36H35N5/c1-35(2,3)30-16-12-26(20-37-30)28-14-10-24-18-22-8-7-9-23-19-25-11-15-29(27-13-17-31(38-21-27)36(4,5)6)40-34(25)41(32(22)23)33(24)39-28/h7-17,20-21H,18-19H2,1-6H3. The van der Waals surface area contributed by atoms with Crippen LogP contribution in [0.1, 0.15) is 75.2 Å². The highest BCUT2D eigenvalue weighted by Gasteiger charge is 2.34.